The minimum Gasteiger partial charge on any atom is -0.159 e. The number of hydrogen-bond donors (Lipinski definition) is 0. The summed E-state index contributed by atoms with van der Waals surface area (Å²) in [6.45, 7) is 0. The first-order valence-corrected chi connectivity index (χ1v) is 3.61. The van der Waals surface area contributed by atoms with E-state index in [1.54, 1.807) is 6.20 Å². The first-order valence-electron chi connectivity index (χ1n) is 3.61. The molecule has 1 aromatic heterocycles. The van der Waals surface area contributed by atoms with Crippen LogP contribution in [-0.4, -0.2) is 10.2 Å². The molecule has 1 heterocycles. The van der Waals surface area contributed by atoms with Gasteiger partial charge in [0, 0.05) is 5.22 Å². The molecule has 1 aromatic rings. The van der Waals surface area contributed by atoms with E-state index in [2.05, 4.69) is 22.3 Å². The number of fused-ring (bicyclic) bond motifs is 1. The number of hydrogen-bond acceptors (Lipinski definition) is 2. The van der Waals surface area contributed by atoms with E-state index in [0.29, 0.717) is 0 Å². The molecule has 2 nitrogen and oxygen atoms in total. The smallest absolute Gasteiger partial charge is 0.0892 e. The highest BCUT2D eigenvalue weighted by Crippen LogP contribution is 1.86. The van der Waals surface area contributed by atoms with E-state index >= 15 is 0 Å². The third-order valence-electron chi connectivity index (χ3n) is 1.64. The Hall–Kier alpha value is -1.44. The van der Waals surface area contributed by atoms with Gasteiger partial charge in [-0.2, -0.15) is 10.2 Å². The highest BCUT2D eigenvalue weighted by Gasteiger charge is 1.86. The normalized spacial score (nSPS) is 14.2. The third-order valence-corrected chi connectivity index (χ3v) is 1.64. The lowest BCUT2D eigenvalue weighted by Crippen LogP contribution is -2.27. The summed E-state index contributed by atoms with van der Waals surface area (Å²) in [6, 6.07) is 1.97. The lowest BCUT2D eigenvalue weighted by atomic mass is 10.3. The molecule has 1 aliphatic rings. The zero-order valence-electron chi connectivity index (χ0n) is 6.07. The van der Waals surface area contributed by atoms with Gasteiger partial charge in [0.05, 0.1) is 11.5 Å². The van der Waals surface area contributed by atoms with Crippen molar-refractivity contribution in [2.75, 3.05) is 0 Å². The van der Waals surface area contributed by atoms with Crippen LogP contribution in [0.25, 0.3) is 12.2 Å². The molecule has 0 saturated heterocycles. The summed E-state index contributed by atoms with van der Waals surface area (Å²) >= 11 is 0. The summed E-state index contributed by atoms with van der Waals surface area (Å²) < 4.78 is 0. The van der Waals surface area contributed by atoms with Crippen molar-refractivity contribution < 1.29 is 0 Å². The monoisotopic (exact) mass is 144 g/mol. The molecule has 0 amide bonds. The van der Waals surface area contributed by atoms with Crippen LogP contribution in [0.4, 0.5) is 0 Å². The van der Waals surface area contributed by atoms with E-state index in [1.807, 2.05) is 18.2 Å². The maximum atomic E-state index is 4.00. The molecule has 0 radical (unpaired) electrons. The van der Waals surface area contributed by atoms with Gasteiger partial charge >= 0.3 is 0 Å². The molecule has 0 aliphatic heterocycles. The van der Waals surface area contributed by atoms with Gasteiger partial charge in [0.2, 0.25) is 0 Å². The minimum atomic E-state index is 0.947. The van der Waals surface area contributed by atoms with E-state index in [4.69, 9.17) is 0 Å². The maximum Gasteiger partial charge on any atom is 0.0892 e. The lowest BCUT2D eigenvalue weighted by molar-refractivity contribution is 0.979. The summed E-state index contributed by atoms with van der Waals surface area (Å²) in [6.07, 6.45) is 10.9. The molecule has 0 saturated carbocycles. The lowest BCUT2D eigenvalue weighted by Gasteiger charge is -1.83. The van der Waals surface area contributed by atoms with Gasteiger partial charge in [0.15, 0.2) is 0 Å². The molecule has 2 rings (SSSR count). The second-order valence-corrected chi connectivity index (χ2v) is 2.41. The Labute approximate surface area is 64.6 Å². The molecule has 0 spiro atoms. The van der Waals surface area contributed by atoms with Crippen molar-refractivity contribution in [3.8, 4) is 0 Å². The van der Waals surface area contributed by atoms with Gasteiger partial charge < -0.3 is 0 Å². The summed E-state index contributed by atoms with van der Waals surface area (Å²) in [7, 11) is 0. The highest BCUT2D eigenvalue weighted by atomic mass is 15.1. The van der Waals surface area contributed by atoms with Gasteiger partial charge in [-0.3, -0.25) is 0 Å². The molecule has 11 heavy (non-hydrogen) atoms. The fourth-order valence-corrected chi connectivity index (χ4v) is 1.08. The Morgan fingerprint density at radius 3 is 3.36 bits per heavy atom. The predicted octanol–water partition coefficient (Wildman–Crippen LogP) is -0.00250. The average Bonchev–Trinajstić information content (AvgIpc) is 2.28. The van der Waals surface area contributed by atoms with E-state index in [-0.39, 0.29) is 0 Å². The Morgan fingerprint density at radius 2 is 2.36 bits per heavy atom. The zero-order valence-corrected chi connectivity index (χ0v) is 6.07. The van der Waals surface area contributed by atoms with Gasteiger partial charge in [0.25, 0.3) is 0 Å². The molecule has 54 valence electrons. The molecular formula is C9H8N2. The van der Waals surface area contributed by atoms with E-state index < -0.39 is 0 Å². The van der Waals surface area contributed by atoms with Crippen LogP contribution in [0.1, 0.15) is 6.42 Å². The minimum absolute atomic E-state index is 0.947. The van der Waals surface area contributed by atoms with Gasteiger partial charge in [-0.25, -0.2) is 0 Å². The Kier molecular flexibility index (Phi) is 1.52. The molecule has 0 fully saturated rings. The Bertz CT molecular complexity index is 390. The van der Waals surface area contributed by atoms with Crippen LogP contribution in [-0.2, 0) is 0 Å². The standard InChI is InChI=1S/C9H8N2/c1-2-4-8-6-7-10-11-9(8)5-3-1/h1-2,4-7H,3H2. The number of allylic oxidation sites excluding steroid dienone is 2. The molecule has 0 N–H and O–H groups in total. The second-order valence-electron chi connectivity index (χ2n) is 2.41. The number of nitrogens with zero attached hydrogens (tertiary/aromatic N) is 2. The molecule has 2 heteroatoms. The van der Waals surface area contributed by atoms with Crippen LogP contribution in [0, 0.1) is 0 Å². The first kappa shape index (κ1) is 6.28. The molecular weight excluding hydrogens is 136 g/mol. The van der Waals surface area contributed by atoms with Crippen LogP contribution < -0.4 is 10.6 Å². The molecule has 0 atom stereocenters. The van der Waals surface area contributed by atoms with Gasteiger partial charge in [-0.15, -0.1) is 0 Å². The summed E-state index contributed by atoms with van der Waals surface area (Å²) in [4.78, 5) is 0. The number of aromatic nitrogens is 2. The van der Waals surface area contributed by atoms with Crippen LogP contribution in [0.3, 0.4) is 0 Å². The van der Waals surface area contributed by atoms with Crippen molar-refractivity contribution in [3.05, 3.63) is 35.0 Å². The van der Waals surface area contributed by atoms with Crippen molar-refractivity contribution in [2.24, 2.45) is 0 Å². The van der Waals surface area contributed by atoms with Crippen LogP contribution >= 0.6 is 0 Å². The van der Waals surface area contributed by atoms with Crippen molar-refractivity contribution in [3.63, 3.8) is 0 Å². The van der Waals surface area contributed by atoms with Crippen LogP contribution in [0.2, 0.25) is 0 Å². The second kappa shape index (κ2) is 2.66. The van der Waals surface area contributed by atoms with Crippen LogP contribution in [0.5, 0.6) is 0 Å². The summed E-state index contributed by atoms with van der Waals surface area (Å²) in [5.74, 6) is 0. The molecule has 0 unspecified atom stereocenters. The summed E-state index contributed by atoms with van der Waals surface area (Å²) in [5.41, 5.74) is 0. The van der Waals surface area contributed by atoms with Crippen molar-refractivity contribution in [1.82, 2.24) is 10.2 Å². The SMILES string of the molecule is C1=CCC=c2nnccc2=C1. The quantitative estimate of drug-likeness (QED) is 0.512. The topological polar surface area (TPSA) is 25.8 Å². The fourth-order valence-electron chi connectivity index (χ4n) is 1.08. The van der Waals surface area contributed by atoms with Crippen molar-refractivity contribution in [1.29, 1.82) is 0 Å². The van der Waals surface area contributed by atoms with Gasteiger partial charge in [-0.1, -0.05) is 24.3 Å². The molecule has 0 bridgehead atoms. The Balaban J connectivity index is 2.81. The zero-order chi connectivity index (χ0) is 7.52. The molecule has 0 aromatic carbocycles. The van der Waals surface area contributed by atoms with Crippen molar-refractivity contribution in [2.45, 2.75) is 6.42 Å². The van der Waals surface area contributed by atoms with Gasteiger partial charge in [-0.05, 0) is 12.5 Å². The maximum absolute atomic E-state index is 4.00. The third kappa shape index (κ3) is 1.19. The van der Waals surface area contributed by atoms with Crippen molar-refractivity contribution >= 4 is 12.2 Å². The van der Waals surface area contributed by atoms with Crippen LogP contribution in [0.15, 0.2) is 24.4 Å². The highest BCUT2D eigenvalue weighted by molar-refractivity contribution is 5.41. The average molecular weight is 144 g/mol. The molecule has 1 aliphatic carbocycles. The van der Waals surface area contributed by atoms with Gasteiger partial charge in [0.1, 0.15) is 0 Å². The first-order chi connectivity index (χ1) is 5.47. The Morgan fingerprint density at radius 1 is 1.36 bits per heavy atom. The fraction of sp³-hybridized carbons (Fsp3) is 0.111. The largest absolute Gasteiger partial charge is 0.159 e. The van der Waals surface area contributed by atoms with E-state index in [0.717, 1.165) is 17.0 Å². The van der Waals surface area contributed by atoms with E-state index in [9.17, 15) is 0 Å². The predicted molar refractivity (Wildman–Crippen MR) is 44.0 cm³/mol. The summed E-state index contributed by atoms with van der Waals surface area (Å²) in [5, 5.41) is 9.94. The number of rotatable bonds is 0. The van der Waals surface area contributed by atoms with E-state index in [1.165, 1.54) is 0 Å².